The Morgan fingerprint density at radius 3 is 1.40 bits per heavy atom. The van der Waals surface area contributed by atoms with Gasteiger partial charge in [-0.2, -0.15) is 0 Å². The third kappa shape index (κ3) is 9.36. The molecule has 2 saturated heterocycles. The van der Waals surface area contributed by atoms with Crippen LogP contribution >= 0.6 is 10.7 Å². The number of carbonyl (C=O) groups excluding carboxylic acids is 2. The number of nitrogens with zero attached hydrogens (tertiary/aromatic N) is 6. The minimum absolute atomic E-state index is 0.0698. The average Bonchev–Trinajstić information content (AvgIpc) is 3.25. The van der Waals surface area contributed by atoms with Crippen LogP contribution in [0.3, 0.4) is 0 Å². The maximum absolute atomic E-state index is 13.6. The van der Waals surface area contributed by atoms with Crippen LogP contribution in [0.1, 0.15) is 37.8 Å². The Bertz CT molecular complexity index is 2180. The van der Waals surface area contributed by atoms with Crippen LogP contribution in [0, 0.1) is 11.6 Å². The van der Waals surface area contributed by atoms with Crippen LogP contribution in [-0.2, 0) is 31.5 Å². The molecule has 4 aromatic rings. The van der Waals surface area contributed by atoms with E-state index in [-0.39, 0.29) is 40.4 Å². The first kappa shape index (κ1) is 41.3. The first-order chi connectivity index (χ1) is 27.9. The lowest BCUT2D eigenvalue weighted by atomic mass is 9.99. The summed E-state index contributed by atoms with van der Waals surface area (Å²) in [5.74, 6) is -0.209. The fraction of sp³-hybridized carbons (Fsp3) is 0.409. The molecule has 8 rings (SSSR count). The van der Waals surface area contributed by atoms with Crippen LogP contribution in [-0.4, -0.2) is 108 Å². The minimum Gasteiger partial charge on any atom is -0.368 e. The maximum Gasteiger partial charge on any atom is 0.261 e. The topological polar surface area (TPSA) is 87.7 Å². The highest BCUT2D eigenvalue weighted by Gasteiger charge is 2.33. The van der Waals surface area contributed by atoms with Gasteiger partial charge >= 0.3 is 0 Å². The van der Waals surface area contributed by atoms with Gasteiger partial charge in [-0.15, -0.1) is 0 Å². The van der Waals surface area contributed by atoms with Crippen molar-refractivity contribution >= 4 is 54.3 Å². The molecule has 4 heterocycles. The number of para-hydroxylation sites is 1. The summed E-state index contributed by atoms with van der Waals surface area (Å²) in [5, 5.41) is 0. The average molecular weight is 833 g/mol. The van der Waals surface area contributed by atoms with Crippen molar-refractivity contribution in [3.05, 3.63) is 114 Å². The molecule has 4 aliphatic heterocycles. The van der Waals surface area contributed by atoms with Gasteiger partial charge in [-0.25, -0.2) is 17.2 Å². The summed E-state index contributed by atoms with van der Waals surface area (Å²) in [5.41, 5.74) is 6.03. The van der Waals surface area contributed by atoms with Crippen LogP contribution in [0.4, 0.5) is 31.5 Å². The van der Waals surface area contributed by atoms with Crippen LogP contribution in [0.5, 0.6) is 0 Å². The molecule has 0 bridgehead atoms. The number of hydrogen-bond donors (Lipinski definition) is 0. The third-order valence-corrected chi connectivity index (χ3v) is 13.2. The van der Waals surface area contributed by atoms with E-state index in [1.807, 2.05) is 47.9 Å². The highest BCUT2D eigenvalue weighted by Crippen LogP contribution is 2.32. The number of aryl methyl sites for hydroxylation is 2. The lowest BCUT2D eigenvalue weighted by Gasteiger charge is -2.41. The summed E-state index contributed by atoms with van der Waals surface area (Å²) in [6.45, 7) is 11.2. The molecule has 0 aliphatic carbocycles. The molecular formula is C44H51ClF2N6O4S. The molecule has 0 unspecified atom stereocenters. The van der Waals surface area contributed by atoms with Crippen LogP contribution < -0.4 is 19.6 Å². The molecule has 58 heavy (non-hydrogen) atoms. The van der Waals surface area contributed by atoms with Crippen molar-refractivity contribution in [2.75, 3.05) is 85.0 Å². The molecule has 2 fully saturated rings. The summed E-state index contributed by atoms with van der Waals surface area (Å²) in [4.78, 5) is 38.9. The zero-order valence-corrected chi connectivity index (χ0v) is 34.6. The maximum atomic E-state index is 13.6. The van der Waals surface area contributed by atoms with Gasteiger partial charge in [0.25, 0.3) is 9.05 Å². The fourth-order valence-electron chi connectivity index (χ4n) is 8.62. The number of rotatable bonds is 7. The predicted octanol–water partition coefficient (Wildman–Crippen LogP) is 6.56. The summed E-state index contributed by atoms with van der Waals surface area (Å²) < 4.78 is 50.0. The zero-order valence-electron chi connectivity index (χ0n) is 33.1. The molecule has 0 radical (unpaired) electrons. The fourth-order valence-corrected chi connectivity index (χ4v) is 9.39. The van der Waals surface area contributed by atoms with Crippen LogP contribution in [0.25, 0.3) is 0 Å². The molecule has 4 aromatic carbocycles. The molecule has 0 aromatic heterocycles. The highest BCUT2D eigenvalue weighted by atomic mass is 35.7. The quantitative estimate of drug-likeness (QED) is 0.194. The van der Waals surface area contributed by atoms with E-state index in [0.29, 0.717) is 26.2 Å². The summed E-state index contributed by atoms with van der Waals surface area (Å²) in [6.07, 6.45) is 3.55. The van der Waals surface area contributed by atoms with Crippen molar-refractivity contribution in [1.82, 2.24) is 9.80 Å². The van der Waals surface area contributed by atoms with Crippen molar-refractivity contribution in [2.45, 2.75) is 56.5 Å². The summed E-state index contributed by atoms with van der Waals surface area (Å²) in [6, 6.07) is 26.0. The Morgan fingerprint density at radius 1 is 0.569 bits per heavy atom. The van der Waals surface area contributed by atoms with Gasteiger partial charge in [0.05, 0.1) is 4.90 Å². The molecule has 2 amide bonds. The van der Waals surface area contributed by atoms with Crippen molar-refractivity contribution in [3.8, 4) is 0 Å². The Labute approximate surface area is 345 Å². The van der Waals surface area contributed by atoms with E-state index in [2.05, 4.69) is 31.7 Å². The molecule has 308 valence electrons. The van der Waals surface area contributed by atoms with E-state index in [9.17, 15) is 26.8 Å². The van der Waals surface area contributed by atoms with Crippen molar-refractivity contribution < 1.29 is 26.8 Å². The monoisotopic (exact) mass is 832 g/mol. The van der Waals surface area contributed by atoms with E-state index < -0.39 is 9.05 Å². The molecule has 4 aliphatic rings. The van der Waals surface area contributed by atoms with E-state index in [0.717, 1.165) is 93.1 Å². The smallest absolute Gasteiger partial charge is 0.261 e. The van der Waals surface area contributed by atoms with Gasteiger partial charge in [-0.3, -0.25) is 9.59 Å². The third-order valence-electron chi connectivity index (χ3n) is 11.8. The van der Waals surface area contributed by atoms with Crippen LogP contribution in [0.15, 0.2) is 95.9 Å². The largest absolute Gasteiger partial charge is 0.368 e. The van der Waals surface area contributed by atoms with Gasteiger partial charge < -0.3 is 29.4 Å². The second-order valence-corrected chi connectivity index (χ2v) is 17.9. The first-order valence-electron chi connectivity index (χ1n) is 20.1. The zero-order chi connectivity index (χ0) is 41.0. The van der Waals surface area contributed by atoms with E-state index in [1.54, 1.807) is 30.3 Å². The van der Waals surface area contributed by atoms with Gasteiger partial charge in [-0.1, -0.05) is 18.2 Å². The normalized spacial score (nSPS) is 18.1. The first-order valence-corrected chi connectivity index (χ1v) is 22.5. The number of benzene rings is 4. The molecule has 10 nitrogen and oxygen atoms in total. The predicted molar refractivity (Wildman–Crippen MR) is 227 cm³/mol. The van der Waals surface area contributed by atoms with E-state index >= 15 is 0 Å². The SMILES string of the molecule is C[C@H](C(=O)N1CCN(c2ccc(S(=O)(=O)Cl)cc2)CC1)N1CCCc2cc(F)ccc21.C[C@H](C(=O)N1CCN(c2ccccc2)CC1)N1CCCc2cc(F)ccc21. The van der Waals surface area contributed by atoms with Gasteiger partial charge in [0, 0.05) is 98.9 Å². The van der Waals surface area contributed by atoms with Gasteiger partial charge in [0.2, 0.25) is 11.8 Å². The van der Waals surface area contributed by atoms with E-state index in [4.69, 9.17) is 10.7 Å². The van der Waals surface area contributed by atoms with Gasteiger partial charge in [0.15, 0.2) is 0 Å². The number of hydrogen-bond acceptors (Lipinski definition) is 8. The van der Waals surface area contributed by atoms with Gasteiger partial charge in [-0.05, 0) is 123 Å². The van der Waals surface area contributed by atoms with Crippen molar-refractivity contribution in [3.63, 3.8) is 0 Å². The highest BCUT2D eigenvalue weighted by molar-refractivity contribution is 8.13. The standard InChI is InChI=1S/C22H25ClFN3O3S.C22H26FN3O/c1-16(27-10-2-3-17-15-18(24)4-9-21(17)27)22(28)26-13-11-25(12-14-26)19-5-7-20(8-6-19)31(23,29)30;1-17(26-11-5-6-18-16-19(23)9-10-21(18)26)22(27)25-14-12-24(13-15-25)20-7-3-2-4-8-20/h4-9,15-16H,2-3,10-14H2,1H3;2-4,7-10,16-17H,5-6,11-15H2,1H3/t16-;17-/m11/s1. The molecule has 14 heteroatoms. The second-order valence-electron chi connectivity index (χ2n) is 15.4. The Hall–Kier alpha value is -4.88. The molecule has 0 saturated carbocycles. The number of piperazine rings is 2. The second kappa shape index (κ2) is 17.9. The van der Waals surface area contributed by atoms with Crippen LogP contribution in [0.2, 0.25) is 0 Å². The Morgan fingerprint density at radius 2 is 0.983 bits per heavy atom. The number of carbonyl (C=O) groups is 2. The minimum atomic E-state index is -3.74. The molecule has 2 atom stereocenters. The number of halogens is 3. The number of amides is 2. The van der Waals surface area contributed by atoms with E-state index in [1.165, 1.54) is 30.0 Å². The van der Waals surface area contributed by atoms with Crippen molar-refractivity contribution in [2.24, 2.45) is 0 Å². The summed E-state index contributed by atoms with van der Waals surface area (Å²) >= 11 is 0. The molecule has 0 N–H and O–H groups in total. The Kier molecular flexibility index (Phi) is 12.8. The lowest BCUT2D eigenvalue weighted by molar-refractivity contribution is -0.133. The number of fused-ring (bicyclic) bond motifs is 2. The van der Waals surface area contributed by atoms with Crippen molar-refractivity contribution in [1.29, 1.82) is 0 Å². The summed E-state index contributed by atoms with van der Waals surface area (Å²) in [7, 11) is 1.64. The van der Waals surface area contributed by atoms with Gasteiger partial charge in [0.1, 0.15) is 23.7 Å². The number of anilines is 4. The Balaban J connectivity index is 0.000000178. The lowest BCUT2D eigenvalue weighted by Crippen LogP contribution is -2.55. The molecular weight excluding hydrogens is 782 g/mol. The molecule has 0 spiro atoms.